The van der Waals surface area contributed by atoms with Gasteiger partial charge in [0.15, 0.2) is 0 Å². The molecular weight excluding hydrogens is 469 g/mol. The average Bonchev–Trinajstić information content (AvgIpc) is 3.38. The molecule has 3 aromatic rings. The number of rotatable bonds is 6. The molecule has 0 saturated carbocycles. The Morgan fingerprint density at radius 1 is 1.11 bits per heavy atom. The van der Waals surface area contributed by atoms with Crippen molar-refractivity contribution >= 4 is 28.6 Å². The second-order valence-electron chi connectivity index (χ2n) is 9.59. The van der Waals surface area contributed by atoms with Gasteiger partial charge in [-0.05, 0) is 74.9 Å². The number of likely N-dealkylation sites (N-methyl/N-ethyl adjacent to an activating group) is 1. The largest absolute Gasteiger partial charge is 0.482 e. The Morgan fingerprint density at radius 3 is 2.59 bits per heavy atom. The maximum Gasteiger partial charge on any atom is 0.260 e. The predicted octanol–water partition coefficient (Wildman–Crippen LogP) is 5.48. The van der Waals surface area contributed by atoms with Gasteiger partial charge in [-0.1, -0.05) is 18.2 Å². The minimum absolute atomic E-state index is 0.0323. The van der Waals surface area contributed by atoms with Crippen LogP contribution in [0.2, 0.25) is 0 Å². The Morgan fingerprint density at radius 2 is 1.89 bits per heavy atom. The molecular formula is C30H28FN3O3. The van der Waals surface area contributed by atoms with E-state index in [1.54, 1.807) is 12.3 Å². The van der Waals surface area contributed by atoms with Gasteiger partial charge in [-0.3, -0.25) is 14.6 Å². The molecule has 7 heteroatoms. The molecule has 0 fully saturated rings. The van der Waals surface area contributed by atoms with Crippen molar-refractivity contribution in [3.8, 4) is 0 Å². The molecule has 0 atom stereocenters. The van der Waals surface area contributed by atoms with E-state index in [-0.39, 0.29) is 11.8 Å². The molecule has 0 spiro atoms. The van der Waals surface area contributed by atoms with Crippen molar-refractivity contribution in [2.24, 2.45) is 0 Å². The van der Waals surface area contributed by atoms with Crippen molar-refractivity contribution < 1.29 is 18.7 Å². The Kier molecular flexibility index (Phi) is 6.38. The first-order valence-corrected chi connectivity index (χ1v) is 12.3. The standard InChI is InChI=1S/C30H28FN3O3/c1-4-34(16-14-22-7-5-6-15-32-22)29(36)20-10-8-19(9-11-20)24-18-26(37-30(24,2)3)27-23-13-12-21(31)17-25(23)33-28(27)35/h5-13,15,17-18H,4,14,16H2,1-3H3,(H,33,35). The van der Waals surface area contributed by atoms with Crippen LogP contribution in [0.5, 0.6) is 0 Å². The van der Waals surface area contributed by atoms with Crippen LogP contribution in [0.15, 0.2) is 78.7 Å². The van der Waals surface area contributed by atoms with E-state index in [2.05, 4.69) is 10.3 Å². The lowest BCUT2D eigenvalue weighted by Gasteiger charge is -2.24. The topological polar surface area (TPSA) is 71.5 Å². The van der Waals surface area contributed by atoms with Gasteiger partial charge >= 0.3 is 0 Å². The number of hydrogen-bond acceptors (Lipinski definition) is 4. The number of ether oxygens (including phenoxy) is 1. The summed E-state index contributed by atoms with van der Waals surface area (Å²) in [6, 6.07) is 17.5. The van der Waals surface area contributed by atoms with E-state index >= 15 is 0 Å². The summed E-state index contributed by atoms with van der Waals surface area (Å²) in [6.45, 7) is 7.02. The predicted molar refractivity (Wildman–Crippen MR) is 141 cm³/mol. The molecule has 0 bridgehead atoms. The molecule has 3 heterocycles. The van der Waals surface area contributed by atoms with E-state index in [1.165, 1.54) is 12.1 Å². The molecule has 0 saturated heterocycles. The molecule has 188 valence electrons. The highest BCUT2D eigenvalue weighted by Gasteiger charge is 2.38. The third kappa shape index (κ3) is 4.77. The molecule has 0 unspecified atom stereocenters. The van der Waals surface area contributed by atoms with Crippen molar-refractivity contribution in [2.75, 3.05) is 18.4 Å². The van der Waals surface area contributed by atoms with Crippen molar-refractivity contribution in [3.05, 3.63) is 107 Å². The Hall–Kier alpha value is -4.26. The van der Waals surface area contributed by atoms with E-state index in [1.807, 2.05) is 74.2 Å². The van der Waals surface area contributed by atoms with Crippen LogP contribution in [0, 0.1) is 5.82 Å². The number of nitrogens with one attached hydrogen (secondary N) is 1. The number of pyridine rings is 1. The normalized spacial score (nSPS) is 17.6. The monoisotopic (exact) mass is 497 g/mol. The number of benzene rings is 2. The van der Waals surface area contributed by atoms with E-state index < -0.39 is 11.4 Å². The number of carbonyl (C=O) groups is 2. The first kappa shape index (κ1) is 24.4. The summed E-state index contributed by atoms with van der Waals surface area (Å²) in [5, 5.41) is 2.71. The quantitative estimate of drug-likeness (QED) is 0.458. The maximum absolute atomic E-state index is 13.6. The Bertz CT molecular complexity index is 1430. The summed E-state index contributed by atoms with van der Waals surface area (Å²) in [5.41, 5.74) is 4.07. The van der Waals surface area contributed by atoms with Crippen LogP contribution in [0.3, 0.4) is 0 Å². The number of aromatic nitrogens is 1. The fraction of sp³-hybridized carbons (Fsp3) is 0.233. The van der Waals surface area contributed by atoms with Gasteiger partial charge in [0.1, 0.15) is 17.2 Å². The fourth-order valence-electron chi connectivity index (χ4n) is 4.78. The summed E-state index contributed by atoms with van der Waals surface area (Å²) in [4.78, 5) is 32.0. The number of amides is 2. The minimum Gasteiger partial charge on any atom is -0.482 e. The van der Waals surface area contributed by atoms with E-state index in [0.29, 0.717) is 47.7 Å². The van der Waals surface area contributed by atoms with Gasteiger partial charge < -0.3 is 15.0 Å². The third-order valence-electron chi connectivity index (χ3n) is 6.74. The molecule has 2 aromatic carbocycles. The van der Waals surface area contributed by atoms with E-state index in [4.69, 9.17) is 4.74 Å². The molecule has 2 aliphatic rings. The van der Waals surface area contributed by atoms with Crippen LogP contribution in [0.1, 0.15) is 48.0 Å². The van der Waals surface area contributed by atoms with Gasteiger partial charge in [-0.15, -0.1) is 0 Å². The zero-order valence-corrected chi connectivity index (χ0v) is 21.0. The van der Waals surface area contributed by atoms with Crippen LogP contribution >= 0.6 is 0 Å². The molecule has 0 radical (unpaired) electrons. The van der Waals surface area contributed by atoms with Crippen LogP contribution in [0.4, 0.5) is 10.1 Å². The fourth-order valence-corrected chi connectivity index (χ4v) is 4.78. The summed E-state index contributed by atoms with van der Waals surface area (Å²) >= 11 is 0. The average molecular weight is 498 g/mol. The minimum atomic E-state index is -0.699. The SMILES string of the molecule is CCN(CCc1ccccn1)C(=O)c1ccc(C2=CC(=C3C(=O)Nc4cc(F)ccc43)OC2(C)C)cc1. The number of fused-ring (bicyclic) bond motifs is 1. The second kappa shape index (κ2) is 9.65. The highest BCUT2D eigenvalue weighted by atomic mass is 19.1. The van der Waals surface area contributed by atoms with Crippen LogP contribution in [-0.4, -0.2) is 40.4 Å². The van der Waals surface area contributed by atoms with Crippen LogP contribution in [0.25, 0.3) is 11.1 Å². The van der Waals surface area contributed by atoms with Crippen molar-refractivity contribution in [1.82, 2.24) is 9.88 Å². The molecule has 2 aliphatic heterocycles. The van der Waals surface area contributed by atoms with Crippen molar-refractivity contribution in [1.29, 1.82) is 0 Å². The summed E-state index contributed by atoms with van der Waals surface area (Å²) in [7, 11) is 0. The van der Waals surface area contributed by atoms with Gasteiger partial charge in [-0.25, -0.2) is 4.39 Å². The second-order valence-corrected chi connectivity index (χ2v) is 9.59. The lowest BCUT2D eigenvalue weighted by molar-refractivity contribution is -0.111. The van der Waals surface area contributed by atoms with E-state index in [9.17, 15) is 14.0 Å². The molecule has 5 rings (SSSR count). The van der Waals surface area contributed by atoms with Gasteiger partial charge in [0, 0.05) is 48.1 Å². The van der Waals surface area contributed by atoms with Crippen molar-refractivity contribution in [2.45, 2.75) is 32.8 Å². The van der Waals surface area contributed by atoms with Gasteiger partial charge in [0.05, 0.1) is 11.3 Å². The lowest BCUT2D eigenvalue weighted by atomic mass is 9.91. The molecule has 2 amide bonds. The number of nitrogens with zero attached hydrogens (tertiary/aromatic N) is 2. The summed E-state index contributed by atoms with van der Waals surface area (Å²) < 4.78 is 19.9. The third-order valence-corrected chi connectivity index (χ3v) is 6.74. The smallest absolute Gasteiger partial charge is 0.260 e. The zero-order chi connectivity index (χ0) is 26.2. The number of anilines is 1. The molecule has 37 heavy (non-hydrogen) atoms. The molecule has 0 aliphatic carbocycles. The van der Waals surface area contributed by atoms with Gasteiger partial charge in [0.2, 0.25) is 0 Å². The molecule has 1 N–H and O–H groups in total. The molecule has 1 aromatic heterocycles. The van der Waals surface area contributed by atoms with Crippen molar-refractivity contribution in [3.63, 3.8) is 0 Å². The first-order chi connectivity index (χ1) is 17.8. The summed E-state index contributed by atoms with van der Waals surface area (Å²) in [6.07, 6.45) is 4.31. The van der Waals surface area contributed by atoms with Crippen LogP contribution in [-0.2, 0) is 16.0 Å². The van der Waals surface area contributed by atoms with Crippen LogP contribution < -0.4 is 5.32 Å². The zero-order valence-electron chi connectivity index (χ0n) is 21.0. The van der Waals surface area contributed by atoms with Gasteiger partial charge in [0.25, 0.3) is 11.8 Å². The lowest BCUT2D eigenvalue weighted by Crippen LogP contribution is -2.32. The summed E-state index contributed by atoms with van der Waals surface area (Å²) in [5.74, 6) is -0.331. The Balaban J connectivity index is 1.38. The highest BCUT2D eigenvalue weighted by Crippen LogP contribution is 2.44. The first-order valence-electron chi connectivity index (χ1n) is 12.3. The number of halogens is 1. The number of carbonyl (C=O) groups excluding carboxylic acids is 2. The van der Waals surface area contributed by atoms with Gasteiger partial charge in [-0.2, -0.15) is 0 Å². The maximum atomic E-state index is 13.6. The molecule has 6 nitrogen and oxygen atoms in total. The van der Waals surface area contributed by atoms with E-state index in [0.717, 1.165) is 16.8 Å². The highest BCUT2D eigenvalue weighted by molar-refractivity contribution is 6.32. The Labute approximate surface area is 215 Å². The number of hydrogen-bond donors (Lipinski definition) is 1. The number of allylic oxidation sites excluding steroid dienone is 1.